The van der Waals surface area contributed by atoms with Crippen LogP contribution in [0, 0.1) is 57.7 Å². The highest BCUT2D eigenvalue weighted by molar-refractivity contribution is 5.97. The molecule has 5 saturated carbocycles. The highest BCUT2D eigenvalue weighted by atomic mass is 16.8. The Morgan fingerprint density at radius 1 is 0.810 bits per heavy atom. The number of aromatic nitrogens is 3. The van der Waals surface area contributed by atoms with Crippen LogP contribution < -0.4 is 14.8 Å². The van der Waals surface area contributed by atoms with Crippen molar-refractivity contribution in [3.05, 3.63) is 94.8 Å². The van der Waals surface area contributed by atoms with E-state index >= 15 is 0 Å². The molecule has 5 aliphatic heterocycles. The van der Waals surface area contributed by atoms with Crippen molar-refractivity contribution in [1.29, 1.82) is 0 Å². The number of hydrogen-bond donors (Lipinski definition) is 5. The zero-order valence-electron chi connectivity index (χ0n) is 47.4. The zero-order valence-corrected chi connectivity index (χ0v) is 47.4. The molecular formula is C61H66N4O19. The van der Waals surface area contributed by atoms with Gasteiger partial charge in [-0.05, 0) is 80.7 Å². The van der Waals surface area contributed by atoms with Crippen LogP contribution in [0.3, 0.4) is 0 Å². The third kappa shape index (κ3) is 7.15. The fourth-order valence-corrected chi connectivity index (χ4v) is 18.4. The van der Waals surface area contributed by atoms with E-state index in [-0.39, 0.29) is 38.2 Å². The maximum Gasteiger partial charge on any atom is 0.341 e. The number of phenolic OH excluding ortho intramolecular Hbond substituents is 1. The van der Waals surface area contributed by atoms with Crippen LogP contribution in [0.4, 0.5) is 0 Å². The maximum absolute atomic E-state index is 14.5. The van der Waals surface area contributed by atoms with Crippen molar-refractivity contribution in [3.63, 3.8) is 0 Å². The van der Waals surface area contributed by atoms with Gasteiger partial charge in [0.15, 0.2) is 11.2 Å². The molecule has 0 radical (unpaired) electrons. The third-order valence-electron chi connectivity index (χ3n) is 21.7. The van der Waals surface area contributed by atoms with Crippen LogP contribution in [-0.2, 0) is 75.9 Å². The van der Waals surface area contributed by atoms with E-state index in [1.165, 1.54) is 39.8 Å². The molecule has 23 nitrogen and oxygen atoms in total. The van der Waals surface area contributed by atoms with Crippen molar-refractivity contribution in [1.82, 2.24) is 20.3 Å². The predicted molar refractivity (Wildman–Crippen MR) is 283 cm³/mol. The molecule has 3 unspecified atom stereocenters. The fraction of sp³-hybridized carbons (Fsp3) is 0.574. The number of aliphatic hydroxyl groups is 3. The van der Waals surface area contributed by atoms with Crippen LogP contribution in [0.5, 0.6) is 23.0 Å². The first kappa shape index (κ1) is 54.7. The molecule has 3 aromatic carbocycles. The van der Waals surface area contributed by atoms with Crippen molar-refractivity contribution in [2.45, 2.75) is 160 Å². The first-order valence-corrected chi connectivity index (χ1v) is 28.8. The monoisotopic (exact) mass is 1160 g/mol. The number of nitrogens with zero attached hydrogens (tertiary/aromatic N) is 3. The Hall–Kier alpha value is -7.18. The van der Waals surface area contributed by atoms with Crippen LogP contribution in [-0.4, -0.2) is 137 Å². The summed E-state index contributed by atoms with van der Waals surface area (Å²) >= 11 is 0. The van der Waals surface area contributed by atoms with Gasteiger partial charge in [0.1, 0.15) is 65.8 Å². The molecule has 23 heteroatoms. The minimum atomic E-state index is -2.18. The van der Waals surface area contributed by atoms with Crippen molar-refractivity contribution >= 4 is 35.8 Å². The van der Waals surface area contributed by atoms with Gasteiger partial charge in [-0.2, -0.15) is 0 Å². The average Bonchev–Trinajstić information content (AvgIpc) is 1.44. The number of nitrogens with one attached hydrogen (secondary N) is 1. The second-order valence-corrected chi connectivity index (χ2v) is 25.8. The van der Waals surface area contributed by atoms with Gasteiger partial charge in [-0.15, -0.1) is 5.10 Å². The van der Waals surface area contributed by atoms with Crippen molar-refractivity contribution in [3.8, 4) is 23.0 Å². The van der Waals surface area contributed by atoms with Gasteiger partial charge in [0.2, 0.25) is 11.7 Å². The lowest BCUT2D eigenvalue weighted by Crippen LogP contribution is -2.77. The van der Waals surface area contributed by atoms with E-state index in [0.717, 1.165) is 0 Å². The summed E-state index contributed by atoms with van der Waals surface area (Å²) in [6, 6.07) is 15.9. The highest BCUT2D eigenvalue weighted by Crippen LogP contribution is 2.81. The number of rotatable bonds is 11. The molecule has 10 aliphatic rings. The summed E-state index contributed by atoms with van der Waals surface area (Å²) in [7, 11) is 0. The lowest BCUT2D eigenvalue weighted by molar-refractivity contribution is -0.286. The number of esters is 5. The van der Waals surface area contributed by atoms with E-state index < -0.39 is 165 Å². The van der Waals surface area contributed by atoms with E-state index in [1.807, 2.05) is 32.9 Å². The molecule has 6 heterocycles. The lowest BCUT2D eigenvalue weighted by Gasteiger charge is -2.67. The number of aryl methyl sites for hydroxylation is 1. The summed E-state index contributed by atoms with van der Waals surface area (Å²) < 4.78 is 57.7. The molecule has 1 aromatic heterocycles. The van der Waals surface area contributed by atoms with Gasteiger partial charge in [0, 0.05) is 91.1 Å². The molecule has 2 spiro atoms. The van der Waals surface area contributed by atoms with Crippen molar-refractivity contribution in [2.24, 2.45) is 57.7 Å². The second kappa shape index (κ2) is 18.2. The first-order valence-electron chi connectivity index (χ1n) is 28.8. The molecular weight excluding hydrogens is 1090 g/mol. The number of carbonyl (C=O) groups excluding carboxylic acids is 6. The Morgan fingerprint density at radius 2 is 1.51 bits per heavy atom. The third-order valence-corrected chi connectivity index (χ3v) is 21.7. The number of fused-ring (bicyclic) bond motifs is 15. The van der Waals surface area contributed by atoms with Gasteiger partial charge < -0.3 is 68.4 Å². The fourth-order valence-electron chi connectivity index (χ4n) is 18.4. The van der Waals surface area contributed by atoms with Crippen LogP contribution in [0.25, 0.3) is 0 Å². The summed E-state index contributed by atoms with van der Waals surface area (Å²) in [5.74, 6) is -10.6. The van der Waals surface area contributed by atoms with Gasteiger partial charge >= 0.3 is 29.8 Å². The molecule has 4 aromatic rings. The van der Waals surface area contributed by atoms with Gasteiger partial charge in [-0.1, -0.05) is 44.2 Å². The average molecular weight is 1160 g/mol. The summed E-state index contributed by atoms with van der Waals surface area (Å²) in [5, 5.41) is 61.2. The Bertz CT molecular complexity index is 3520. The molecule has 5 N–H and O–H groups in total. The summed E-state index contributed by atoms with van der Waals surface area (Å²) in [5.41, 5.74) is -5.14. The normalized spacial score (nSPS) is 42.4. The number of benzene rings is 3. The molecule has 444 valence electrons. The van der Waals surface area contributed by atoms with E-state index in [1.54, 1.807) is 54.2 Å². The maximum atomic E-state index is 14.5. The first-order chi connectivity index (χ1) is 39.8. The molecule has 5 aliphatic carbocycles. The Morgan fingerprint density at radius 3 is 2.25 bits per heavy atom. The molecule has 22 atom stereocenters. The standard InChI is InChI=1S/C61H66N4O19/c1-25-42-45(58(7)59(8,75)55(74)84-61(58)51(25)82-61)48(72)43-41-44(50(77-26(2)66)53(57(42,43)6)79-28(4)68)56(5)36(22-39-49(81-39)52(56)78-27(3)67)46(47(41)71)62-40(70)14-11-19-65-23-29(63-64-65)24-76-31-16-18-35-38(21-31)80-37-20-30(69)15-17-34(37)60(35)33-13-10-9-12-32(33)54(73)83-60/h9-10,12-13,15-18,20-21,23,25,36,39,41-53,69,71-72,75H,11,14,19,22,24H2,1-8H3,(H,62,70)/t25-,36+,39-,41?,42-,43+,44?,45-,46+,47+,48+,49-,50-,51+,52-,53-,56-,57+,58-,59+,60?,61-/m0/s1. The number of aliphatic hydroxyl groups excluding tert-OH is 2. The number of ether oxygens (including phenoxy) is 9. The summed E-state index contributed by atoms with van der Waals surface area (Å²) in [6.07, 6.45) is -6.15. The molecule has 3 saturated heterocycles. The molecule has 1 amide bonds. The molecule has 84 heavy (non-hydrogen) atoms. The summed E-state index contributed by atoms with van der Waals surface area (Å²) in [6.45, 7) is 12.5. The van der Waals surface area contributed by atoms with Crippen LogP contribution >= 0.6 is 0 Å². The number of carbonyl (C=O) groups is 6. The largest absolute Gasteiger partial charge is 0.508 e. The van der Waals surface area contributed by atoms with Crippen molar-refractivity contribution < 1.29 is 91.8 Å². The smallest absolute Gasteiger partial charge is 0.341 e. The summed E-state index contributed by atoms with van der Waals surface area (Å²) in [4.78, 5) is 81.8. The van der Waals surface area contributed by atoms with Crippen molar-refractivity contribution in [2.75, 3.05) is 0 Å². The lowest BCUT2D eigenvalue weighted by atomic mass is 9.40. The van der Waals surface area contributed by atoms with Gasteiger partial charge in [0.25, 0.3) is 0 Å². The number of aromatic hydroxyl groups is 1. The number of epoxide rings is 2. The van der Waals surface area contributed by atoms with Crippen LogP contribution in [0.1, 0.15) is 107 Å². The Labute approximate surface area is 481 Å². The SMILES string of the molecule is CC(=O)O[C@H]1C2C([C@@H](O)[C@H](NC(=O)CCCn3cc(COc4ccc5c(c4)Oc4cc(O)ccc4C54OC(=O)c5ccccc54)nn3)[C@H]3C[C@@H]4O[C@@H]4[C@H](OC(C)=O)[C@]23C)[C@@H]2[C@@H](O)[C@@H]3[C@H]([C@H](C)[C@H]4O[C@]45OC(=O)[C@@](C)(O)[C@]35C)[C@@]2(C)[C@H]1OC(C)=O. The number of phenols is 1. The number of hydrogen-bond acceptors (Lipinski definition) is 21. The van der Waals surface area contributed by atoms with E-state index in [4.69, 9.17) is 42.6 Å². The minimum Gasteiger partial charge on any atom is -0.508 e. The highest BCUT2D eigenvalue weighted by Gasteiger charge is 2.93. The van der Waals surface area contributed by atoms with E-state index in [9.17, 15) is 49.2 Å². The topological polar surface area (TPSA) is 316 Å². The second-order valence-electron chi connectivity index (χ2n) is 25.8. The quantitative estimate of drug-likeness (QED) is 0.0808. The van der Waals surface area contributed by atoms with Gasteiger partial charge in [-0.3, -0.25) is 23.9 Å². The predicted octanol–water partition coefficient (Wildman–Crippen LogP) is 3.89. The minimum absolute atomic E-state index is 0.00380. The number of amides is 1. The van der Waals surface area contributed by atoms with Crippen LogP contribution in [0.15, 0.2) is 66.9 Å². The van der Waals surface area contributed by atoms with Gasteiger partial charge in [-0.25, -0.2) is 9.59 Å². The molecule has 14 rings (SSSR count). The van der Waals surface area contributed by atoms with Crippen LogP contribution in [0.2, 0.25) is 0 Å². The zero-order chi connectivity index (χ0) is 59.3. The van der Waals surface area contributed by atoms with E-state index in [0.29, 0.717) is 45.2 Å². The molecule has 0 bridgehead atoms. The van der Waals surface area contributed by atoms with Gasteiger partial charge in [0.05, 0.1) is 41.5 Å². The van der Waals surface area contributed by atoms with E-state index in [2.05, 4.69) is 15.6 Å². The Balaban J connectivity index is 0.730. The molecule has 8 fully saturated rings. The Kier molecular flexibility index (Phi) is 11.8.